The van der Waals surface area contributed by atoms with Crippen LogP contribution in [-0.4, -0.2) is 62.5 Å². The van der Waals surface area contributed by atoms with Gasteiger partial charge in [0.25, 0.3) is 5.91 Å². The Hall–Kier alpha value is -4.60. The van der Waals surface area contributed by atoms with Gasteiger partial charge in [0.2, 0.25) is 0 Å². The molecule has 2 aliphatic rings. The average molecular weight is 509 g/mol. The van der Waals surface area contributed by atoms with E-state index in [9.17, 15) is 4.79 Å². The topological polar surface area (TPSA) is 118 Å². The second kappa shape index (κ2) is 8.76. The molecule has 0 radical (unpaired) electrons. The number of pyridine rings is 2. The minimum atomic E-state index is -0.381. The largest absolute Gasteiger partial charge is 0.492 e. The molecule has 6 heterocycles. The fourth-order valence-corrected chi connectivity index (χ4v) is 6.13. The van der Waals surface area contributed by atoms with Crippen LogP contribution in [-0.2, 0) is 0 Å². The van der Waals surface area contributed by atoms with Crippen molar-refractivity contribution >= 4 is 34.0 Å². The number of primary amides is 1. The lowest BCUT2D eigenvalue weighted by atomic mass is 10.1. The average Bonchev–Trinajstić information content (AvgIpc) is 3.59. The standard InChI is InChI=1S/C28H28N8O2/c1-2-38-20-11-22(26-23-13-31-32-28(23)33-35(26)16-20)17-7-10-25(30-12-17)34-14-18-8-9-19(15-34)36(18)24-6-4-3-5-21(24)27(29)37/h3-7,10-13,16,18-19H,2,8-9,14-15H2,1H3,(H2,29,37)(H,32,33)/t18-,19+. The molecule has 2 fully saturated rings. The van der Waals surface area contributed by atoms with Crippen molar-refractivity contribution in [2.24, 2.45) is 5.73 Å². The summed E-state index contributed by atoms with van der Waals surface area (Å²) in [4.78, 5) is 21.7. The van der Waals surface area contributed by atoms with Crippen LogP contribution in [0.5, 0.6) is 5.75 Å². The normalized spacial score (nSPS) is 19.0. The summed E-state index contributed by atoms with van der Waals surface area (Å²) in [7, 11) is 0. The highest BCUT2D eigenvalue weighted by Crippen LogP contribution is 2.38. The summed E-state index contributed by atoms with van der Waals surface area (Å²) in [5.41, 5.74) is 10.9. The molecule has 4 aromatic heterocycles. The van der Waals surface area contributed by atoms with E-state index < -0.39 is 0 Å². The van der Waals surface area contributed by atoms with Gasteiger partial charge in [0.1, 0.15) is 11.6 Å². The Morgan fingerprint density at radius 1 is 1.13 bits per heavy atom. The molecule has 3 N–H and O–H groups in total. The first kappa shape index (κ1) is 22.6. The summed E-state index contributed by atoms with van der Waals surface area (Å²) in [5.74, 6) is 1.32. The molecule has 0 aliphatic carbocycles. The Bertz CT molecular complexity index is 1640. The van der Waals surface area contributed by atoms with Crippen LogP contribution in [0.1, 0.15) is 30.1 Å². The third kappa shape index (κ3) is 3.55. The fourth-order valence-electron chi connectivity index (χ4n) is 6.13. The summed E-state index contributed by atoms with van der Waals surface area (Å²) in [6.45, 7) is 4.23. The van der Waals surface area contributed by atoms with Gasteiger partial charge in [0, 0.05) is 42.5 Å². The highest BCUT2D eigenvalue weighted by atomic mass is 16.5. The first-order valence-electron chi connectivity index (χ1n) is 13.0. The molecule has 2 bridgehead atoms. The third-order valence-corrected chi connectivity index (χ3v) is 7.73. The maximum atomic E-state index is 12.1. The van der Waals surface area contributed by atoms with E-state index >= 15 is 0 Å². The minimum absolute atomic E-state index is 0.305. The quantitative estimate of drug-likeness (QED) is 0.360. The highest BCUT2D eigenvalue weighted by Gasteiger charge is 2.41. The lowest BCUT2D eigenvalue weighted by molar-refractivity contribution is 0.100. The SMILES string of the molecule is CCOc1cc(-c2ccc(N3C[C@H]4CC[C@@H](C3)N4c3ccccc3C(N)=O)nc2)c2c3cn[nH]c3nn2c1. The van der Waals surface area contributed by atoms with E-state index in [2.05, 4.69) is 37.2 Å². The van der Waals surface area contributed by atoms with Crippen LogP contribution in [0, 0.1) is 0 Å². The van der Waals surface area contributed by atoms with Gasteiger partial charge in [-0.1, -0.05) is 12.1 Å². The number of para-hydroxylation sites is 1. The summed E-state index contributed by atoms with van der Waals surface area (Å²) >= 11 is 0. The highest BCUT2D eigenvalue weighted by molar-refractivity contribution is 6.01. The Morgan fingerprint density at radius 3 is 2.68 bits per heavy atom. The van der Waals surface area contributed by atoms with Crippen molar-refractivity contribution in [2.45, 2.75) is 31.8 Å². The van der Waals surface area contributed by atoms with Crippen molar-refractivity contribution in [3.05, 3.63) is 66.6 Å². The monoisotopic (exact) mass is 508 g/mol. The molecule has 2 aliphatic heterocycles. The maximum absolute atomic E-state index is 12.1. The molecule has 0 spiro atoms. The number of amides is 1. The molecule has 192 valence electrons. The summed E-state index contributed by atoms with van der Waals surface area (Å²) in [6.07, 6.45) is 7.78. The maximum Gasteiger partial charge on any atom is 0.250 e. The number of hydrogen-bond donors (Lipinski definition) is 2. The number of anilines is 2. The predicted octanol–water partition coefficient (Wildman–Crippen LogP) is 3.63. The number of benzene rings is 1. The second-order valence-electron chi connectivity index (χ2n) is 9.93. The van der Waals surface area contributed by atoms with Crippen LogP contribution in [0.25, 0.3) is 27.7 Å². The Morgan fingerprint density at radius 2 is 1.95 bits per heavy atom. The molecule has 2 atom stereocenters. The number of nitrogens with one attached hydrogen (secondary N) is 1. The number of nitrogens with two attached hydrogens (primary N) is 1. The van der Waals surface area contributed by atoms with Gasteiger partial charge < -0.3 is 20.3 Å². The summed E-state index contributed by atoms with van der Waals surface area (Å²) in [5, 5.41) is 12.7. The molecule has 2 saturated heterocycles. The van der Waals surface area contributed by atoms with Gasteiger partial charge >= 0.3 is 0 Å². The first-order valence-corrected chi connectivity index (χ1v) is 13.0. The van der Waals surface area contributed by atoms with Crippen molar-refractivity contribution in [1.29, 1.82) is 0 Å². The number of carbonyl (C=O) groups is 1. The van der Waals surface area contributed by atoms with Crippen molar-refractivity contribution in [2.75, 3.05) is 29.5 Å². The Labute approximate surface area is 219 Å². The van der Waals surface area contributed by atoms with Crippen molar-refractivity contribution in [1.82, 2.24) is 24.8 Å². The minimum Gasteiger partial charge on any atom is -0.492 e. The van der Waals surface area contributed by atoms with Crippen LogP contribution in [0.4, 0.5) is 11.5 Å². The van der Waals surface area contributed by atoms with E-state index in [0.717, 1.165) is 70.9 Å². The Balaban J connectivity index is 1.19. The second-order valence-corrected chi connectivity index (χ2v) is 9.93. The zero-order valence-electron chi connectivity index (χ0n) is 21.0. The van der Waals surface area contributed by atoms with Crippen LogP contribution < -0.4 is 20.3 Å². The van der Waals surface area contributed by atoms with Crippen LogP contribution in [0.2, 0.25) is 0 Å². The van der Waals surface area contributed by atoms with Gasteiger partial charge in [-0.25, -0.2) is 9.50 Å². The number of H-pyrrole nitrogens is 1. The van der Waals surface area contributed by atoms with Gasteiger partial charge in [-0.3, -0.25) is 9.89 Å². The number of aromatic amines is 1. The first-order chi connectivity index (χ1) is 18.6. The van der Waals surface area contributed by atoms with Crippen molar-refractivity contribution in [3.63, 3.8) is 0 Å². The number of ether oxygens (including phenoxy) is 1. The molecule has 0 unspecified atom stereocenters. The zero-order valence-corrected chi connectivity index (χ0v) is 21.0. The van der Waals surface area contributed by atoms with E-state index in [4.69, 9.17) is 15.5 Å². The van der Waals surface area contributed by atoms with Crippen LogP contribution in [0.3, 0.4) is 0 Å². The molecular formula is C28H28N8O2. The molecule has 5 aromatic rings. The number of carbonyl (C=O) groups excluding carboxylic acids is 1. The summed E-state index contributed by atoms with van der Waals surface area (Å²) < 4.78 is 7.66. The lowest BCUT2D eigenvalue weighted by Gasteiger charge is -2.43. The predicted molar refractivity (Wildman–Crippen MR) is 146 cm³/mol. The molecule has 10 nitrogen and oxygen atoms in total. The van der Waals surface area contributed by atoms with Crippen LogP contribution >= 0.6 is 0 Å². The van der Waals surface area contributed by atoms with E-state index in [1.54, 1.807) is 6.20 Å². The number of rotatable bonds is 6. The molecule has 7 rings (SSSR count). The summed E-state index contributed by atoms with van der Waals surface area (Å²) in [6, 6.07) is 14.5. The van der Waals surface area contributed by atoms with Gasteiger partial charge in [0.15, 0.2) is 5.65 Å². The number of piperazine rings is 1. The molecular weight excluding hydrogens is 480 g/mol. The third-order valence-electron chi connectivity index (χ3n) is 7.73. The molecule has 1 amide bonds. The van der Waals surface area contributed by atoms with E-state index in [1.807, 2.05) is 54.2 Å². The van der Waals surface area contributed by atoms with Gasteiger partial charge in [-0.05, 0) is 50.1 Å². The molecule has 10 heteroatoms. The number of fused-ring (bicyclic) bond motifs is 5. The van der Waals surface area contributed by atoms with E-state index in [0.29, 0.717) is 24.3 Å². The van der Waals surface area contributed by atoms with Gasteiger partial charge in [0.05, 0.1) is 41.2 Å². The number of aromatic nitrogens is 5. The van der Waals surface area contributed by atoms with Gasteiger partial charge in [-0.2, -0.15) is 5.10 Å². The Kier molecular flexibility index (Phi) is 5.20. The fraction of sp³-hybridized carbons (Fsp3) is 0.286. The van der Waals surface area contributed by atoms with E-state index in [1.165, 1.54) is 0 Å². The number of hydrogen-bond acceptors (Lipinski definition) is 7. The van der Waals surface area contributed by atoms with E-state index in [-0.39, 0.29) is 5.91 Å². The van der Waals surface area contributed by atoms with Crippen molar-refractivity contribution in [3.8, 4) is 16.9 Å². The molecule has 0 saturated carbocycles. The lowest BCUT2D eigenvalue weighted by Crippen LogP contribution is -2.54. The molecule has 1 aromatic carbocycles. The molecule has 38 heavy (non-hydrogen) atoms. The van der Waals surface area contributed by atoms with Crippen molar-refractivity contribution < 1.29 is 9.53 Å². The van der Waals surface area contributed by atoms with Crippen LogP contribution in [0.15, 0.2) is 61.1 Å². The van der Waals surface area contributed by atoms with Gasteiger partial charge in [-0.15, -0.1) is 5.10 Å². The zero-order chi connectivity index (χ0) is 25.8. The number of nitrogens with zero attached hydrogens (tertiary/aromatic N) is 6. The smallest absolute Gasteiger partial charge is 0.250 e.